The highest BCUT2D eigenvalue weighted by molar-refractivity contribution is 5.34. The Morgan fingerprint density at radius 2 is 2.14 bits per heavy atom. The van der Waals surface area contributed by atoms with Gasteiger partial charge in [-0.25, -0.2) is 8.78 Å². The van der Waals surface area contributed by atoms with Crippen molar-refractivity contribution in [2.75, 3.05) is 6.54 Å². The number of halogens is 2. The molecule has 2 N–H and O–H groups in total. The monoisotopic (exact) mass is 198 g/mol. The van der Waals surface area contributed by atoms with Crippen molar-refractivity contribution in [2.45, 2.75) is 24.7 Å². The van der Waals surface area contributed by atoms with Gasteiger partial charge in [-0.3, -0.25) is 4.98 Å². The van der Waals surface area contributed by atoms with Crippen LogP contribution >= 0.6 is 0 Å². The molecule has 2 rings (SSSR count). The second-order valence-corrected chi connectivity index (χ2v) is 3.89. The molecule has 1 fully saturated rings. The van der Waals surface area contributed by atoms with Gasteiger partial charge in [0, 0.05) is 19.2 Å². The van der Waals surface area contributed by atoms with E-state index in [1.807, 2.05) is 6.92 Å². The van der Waals surface area contributed by atoms with Gasteiger partial charge >= 0.3 is 0 Å². The van der Waals surface area contributed by atoms with Crippen molar-refractivity contribution in [2.24, 2.45) is 5.73 Å². The first-order valence-corrected chi connectivity index (χ1v) is 4.53. The molecule has 76 valence electrons. The summed E-state index contributed by atoms with van der Waals surface area (Å²) in [5, 5.41) is 0. The fourth-order valence-electron chi connectivity index (χ4n) is 1.69. The number of hydrogen-bond donors (Lipinski definition) is 1. The van der Waals surface area contributed by atoms with Crippen LogP contribution in [-0.2, 0) is 5.41 Å². The minimum Gasteiger partial charge on any atom is -0.329 e. The average molecular weight is 198 g/mol. The smallest absolute Gasteiger partial charge is 0.261 e. The fraction of sp³-hybridized carbons (Fsp3) is 0.500. The molecule has 0 radical (unpaired) electrons. The number of nitrogens with two attached hydrogens (primary N) is 1. The lowest BCUT2D eigenvalue weighted by molar-refractivity contribution is 0.0886. The summed E-state index contributed by atoms with van der Waals surface area (Å²) in [6.07, 6.45) is 1.42. The van der Waals surface area contributed by atoms with Crippen LogP contribution < -0.4 is 5.73 Å². The molecule has 0 spiro atoms. The zero-order valence-corrected chi connectivity index (χ0v) is 7.93. The van der Waals surface area contributed by atoms with Gasteiger partial charge in [0.1, 0.15) is 0 Å². The first-order chi connectivity index (χ1) is 6.52. The highest BCUT2D eigenvalue weighted by Gasteiger charge is 2.72. The Morgan fingerprint density at radius 3 is 2.50 bits per heavy atom. The molecule has 0 bridgehead atoms. The molecule has 1 aromatic rings. The third kappa shape index (κ3) is 1.14. The van der Waals surface area contributed by atoms with Gasteiger partial charge in [-0.05, 0) is 18.6 Å². The van der Waals surface area contributed by atoms with Crippen molar-refractivity contribution in [3.63, 3.8) is 0 Å². The summed E-state index contributed by atoms with van der Waals surface area (Å²) in [5.74, 6) is -2.68. The molecule has 0 aliphatic heterocycles. The molecule has 14 heavy (non-hydrogen) atoms. The molecule has 1 aliphatic rings. The van der Waals surface area contributed by atoms with Crippen molar-refractivity contribution in [1.82, 2.24) is 4.98 Å². The molecule has 0 aromatic carbocycles. The van der Waals surface area contributed by atoms with Crippen LogP contribution in [0, 0.1) is 6.92 Å². The normalized spacial score (nSPS) is 28.9. The van der Waals surface area contributed by atoms with E-state index in [0.29, 0.717) is 5.69 Å². The lowest BCUT2D eigenvalue weighted by Gasteiger charge is -2.12. The Labute approximate surface area is 81.1 Å². The number of pyridine rings is 1. The van der Waals surface area contributed by atoms with Crippen molar-refractivity contribution < 1.29 is 8.78 Å². The van der Waals surface area contributed by atoms with Gasteiger partial charge in [-0.15, -0.1) is 0 Å². The van der Waals surface area contributed by atoms with Crippen molar-refractivity contribution >= 4 is 0 Å². The first kappa shape index (κ1) is 9.52. The van der Waals surface area contributed by atoms with Crippen LogP contribution in [-0.4, -0.2) is 17.5 Å². The second kappa shape index (κ2) is 2.73. The van der Waals surface area contributed by atoms with Crippen LogP contribution in [0.1, 0.15) is 17.7 Å². The Balaban J connectivity index is 2.36. The molecule has 1 aliphatic carbocycles. The maximum absolute atomic E-state index is 13.1. The quantitative estimate of drug-likeness (QED) is 0.784. The average Bonchev–Trinajstić information content (AvgIpc) is 2.71. The Morgan fingerprint density at radius 1 is 1.50 bits per heavy atom. The third-order valence-corrected chi connectivity index (χ3v) is 2.85. The molecular formula is C10H12F2N2. The first-order valence-electron chi connectivity index (χ1n) is 4.53. The minimum atomic E-state index is -2.68. The largest absolute Gasteiger partial charge is 0.329 e. The van der Waals surface area contributed by atoms with Crippen LogP contribution in [0.25, 0.3) is 0 Å². The summed E-state index contributed by atoms with van der Waals surface area (Å²) < 4.78 is 26.2. The van der Waals surface area contributed by atoms with Gasteiger partial charge in [-0.1, -0.05) is 6.07 Å². The topological polar surface area (TPSA) is 38.9 Å². The molecule has 1 heterocycles. The summed E-state index contributed by atoms with van der Waals surface area (Å²) in [6.45, 7) is 1.83. The number of rotatable bonds is 2. The van der Waals surface area contributed by atoms with Gasteiger partial charge < -0.3 is 5.73 Å². The van der Waals surface area contributed by atoms with E-state index >= 15 is 0 Å². The van der Waals surface area contributed by atoms with E-state index < -0.39 is 11.3 Å². The molecule has 1 unspecified atom stereocenters. The summed E-state index contributed by atoms with van der Waals surface area (Å²) in [6, 6.07) is 3.43. The van der Waals surface area contributed by atoms with Gasteiger partial charge in [0.25, 0.3) is 5.92 Å². The summed E-state index contributed by atoms with van der Waals surface area (Å²) in [4.78, 5) is 4.02. The number of alkyl halides is 2. The van der Waals surface area contributed by atoms with E-state index in [4.69, 9.17) is 5.73 Å². The molecule has 1 saturated carbocycles. The van der Waals surface area contributed by atoms with Gasteiger partial charge in [0.2, 0.25) is 0 Å². The Kier molecular flexibility index (Phi) is 1.86. The van der Waals surface area contributed by atoms with Gasteiger partial charge in [0.05, 0.1) is 11.1 Å². The maximum atomic E-state index is 13.1. The number of aryl methyl sites for hydroxylation is 1. The predicted molar refractivity (Wildman–Crippen MR) is 49.3 cm³/mol. The van der Waals surface area contributed by atoms with Crippen molar-refractivity contribution in [3.05, 3.63) is 29.6 Å². The highest BCUT2D eigenvalue weighted by atomic mass is 19.3. The molecule has 4 heteroatoms. The van der Waals surface area contributed by atoms with Crippen LogP contribution in [0.5, 0.6) is 0 Å². The van der Waals surface area contributed by atoms with Gasteiger partial charge in [-0.2, -0.15) is 0 Å². The third-order valence-electron chi connectivity index (χ3n) is 2.85. The van der Waals surface area contributed by atoms with Crippen LogP contribution in [0.3, 0.4) is 0 Å². The lowest BCUT2D eigenvalue weighted by atomic mass is 10.0. The SMILES string of the molecule is Cc1ccc(C2(CN)CC2(F)F)nc1. The molecule has 0 saturated heterocycles. The van der Waals surface area contributed by atoms with Crippen molar-refractivity contribution in [1.29, 1.82) is 0 Å². The van der Waals surface area contributed by atoms with E-state index in [1.165, 1.54) is 0 Å². The van der Waals surface area contributed by atoms with Crippen LogP contribution in [0.2, 0.25) is 0 Å². The molecule has 0 amide bonds. The maximum Gasteiger partial charge on any atom is 0.261 e. The molecular weight excluding hydrogens is 186 g/mol. The van der Waals surface area contributed by atoms with Crippen LogP contribution in [0.4, 0.5) is 8.78 Å². The van der Waals surface area contributed by atoms with E-state index in [9.17, 15) is 8.78 Å². The summed E-state index contributed by atoms with van der Waals surface area (Å²) in [7, 11) is 0. The van der Waals surface area contributed by atoms with Crippen molar-refractivity contribution in [3.8, 4) is 0 Å². The lowest BCUT2D eigenvalue weighted by Crippen LogP contribution is -2.27. The molecule has 2 nitrogen and oxygen atoms in total. The molecule has 1 atom stereocenters. The fourth-order valence-corrected chi connectivity index (χ4v) is 1.69. The Bertz CT molecular complexity index is 348. The zero-order chi connectivity index (χ0) is 10.4. The number of hydrogen-bond acceptors (Lipinski definition) is 2. The van der Waals surface area contributed by atoms with Gasteiger partial charge in [0.15, 0.2) is 0 Å². The van der Waals surface area contributed by atoms with Crippen LogP contribution in [0.15, 0.2) is 18.3 Å². The summed E-state index contributed by atoms with van der Waals surface area (Å²) in [5.41, 5.74) is 5.58. The number of aromatic nitrogens is 1. The van der Waals surface area contributed by atoms with E-state index in [2.05, 4.69) is 4.98 Å². The molecule has 1 aromatic heterocycles. The summed E-state index contributed by atoms with van der Waals surface area (Å²) >= 11 is 0. The zero-order valence-electron chi connectivity index (χ0n) is 7.93. The van der Waals surface area contributed by atoms with E-state index in [0.717, 1.165) is 5.56 Å². The van der Waals surface area contributed by atoms with E-state index in [-0.39, 0.29) is 13.0 Å². The number of nitrogens with zero attached hydrogens (tertiary/aromatic N) is 1. The standard InChI is InChI=1S/C10H12F2N2/c1-7-2-3-8(14-4-7)9(6-13)5-10(9,11)12/h2-4H,5-6,13H2,1H3. The second-order valence-electron chi connectivity index (χ2n) is 3.89. The predicted octanol–water partition coefficient (Wildman–Crippen LogP) is 1.63. The van der Waals surface area contributed by atoms with E-state index in [1.54, 1.807) is 18.3 Å². The Hall–Kier alpha value is -1.03. The highest BCUT2D eigenvalue weighted by Crippen LogP contribution is 2.60. The minimum absolute atomic E-state index is 0.0456.